The summed E-state index contributed by atoms with van der Waals surface area (Å²) in [5.74, 6) is 0. The molecule has 5 heteroatoms. The van der Waals surface area contributed by atoms with E-state index < -0.39 is 6.10 Å². The molecule has 0 fully saturated rings. The first-order valence-electron chi connectivity index (χ1n) is 7.09. The van der Waals surface area contributed by atoms with E-state index >= 15 is 0 Å². The number of aryl methyl sites for hydroxylation is 2. The molecule has 0 amide bonds. The highest BCUT2D eigenvalue weighted by Gasteiger charge is 2.15. The Morgan fingerprint density at radius 1 is 1.20 bits per heavy atom. The minimum absolute atomic E-state index is 0.351. The van der Waals surface area contributed by atoms with E-state index in [2.05, 4.69) is 24.0 Å². The van der Waals surface area contributed by atoms with Crippen LogP contribution in [-0.2, 0) is 19.9 Å². The molecule has 2 aromatic rings. The Labute approximate surface area is 120 Å². The van der Waals surface area contributed by atoms with Crippen LogP contribution in [0.1, 0.15) is 42.5 Å². The first-order chi connectivity index (χ1) is 9.38. The average molecular weight is 276 g/mol. The van der Waals surface area contributed by atoms with Crippen LogP contribution in [0.25, 0.3) is 0 Å². The summed E-state index contributed by atoms with van der Waals surface area (Å²) >= 11 is 0. The molecule has 2 heterocycles. The van der Waals surface area contributed by atoms with Gasteiger partial charge in [-0.15, -0.1) is 0 Å². The van der Waals surface area contributed by atoms with Crippen molar-refractivity contribution >= 4 is 0 Å². The number of hydrogen-bond donors (Lipinski definition) is 1. The molecule has 2 aromatic heterocycles. The molecule has 110 valence electrons. The maximum Gasteiger partial charge on any atom is 0.0650 e. The molecule has 0 saturated heterocycles. The zero-order valence-electron chi connectivity index (χ0n) is 13.0. The van der Waals surface area contributed by atoms with E-state index in [9.17, 15) is 5.11 Å². The molecule has 2 rings (SSSR count). The summed E-state index contributed by atoms with van der Waals surface area (Å²) in [6.45, 7) is 8.21. The fourth-order valence-corrected chi connectivity index (χ4v) is 2.44. The van der Waals surface area contributed by atoms with E-state index in [4.69, 9.17) is 0 Å². The van der Waals surface area contributed by atoms with Crippen LogP contribution in [0.4, 0.5) is 0 Å². The predicted octanol–water partition coefficient (Wildman–Crippen LogP) is 1.96. The molecule has 0 aliphatic carbocycles. The van der Waals surface area contributed by atoms with Crippen molar-refractivity contribution in [2.24, 2.45) is 7.05 Å². The minimum atomic E-state index is -0.424. The number of aliphatic hydroxyl groups is 1. The van der Waals surface area contributed by atoms with Crippen LogP contribution in [0.15, 0.2) is 12.3 Å². The Morgan fingerprint density at radius 2 is 1.90 bits per heavy atom. The van der Waals surface area contributed by atoms with Gasteiger partial charge in [0.2, 0.25) is 0 Å². The van der Waals surface area contributed by atoms with Gasteiger partial charge in [-0.25, -0.2) is 0 Å². The Kier molecular flexibility index (Phi) is 4.28. The summed E-state index contributed by atoms with van der Waals surface area (Å²) in [5.41, 5.74) is 4.19. The lowest BCUT2D eigenvalue weighted by Crippen LogP contribution is -2.16. The van der Waals surface area contributed by atoms with Gasteiger partial charge in [0, 0.05) is 37.8 Å². The molecule has 0 aliphatic heterocycles. The van der Waals surface area contributed by atoms with Crippen LogP contribution >= 0.6 is 0 Å². The van der Waals surface area contributed by atoms with E-state index in [0.29, 0.717) is 18.9 Å². The molecule has 0 aromatic carbocycles. The maximum absolute atomic E-state index is 10.3. The number of aliphatic hydroxyl groups excluding tert-OH is 1. The van der Waals surface area contributed by atoms with E-state index in [1.54, 1.807) is 0 Å². The molecule has 5 nitrogen and oxygen atoms in total. The molecule has 0 bridgehead atoms. The fraction of sp³-hybridized carbons (Fsp3) is 0.600. The summed E-state index contributed by atoms with van der Waals surface area (Å²) in [7, 11) is 1.93. The largest absolute Gasteiger partial charge is 0.392 e. The van der Waals surface area contributed by atoms with E-state index in [0.717, 1.165) is 22.6 Å². The average Bonchev–Trinajstić information content (AvgIpc) is 2.91. The van der Waals surface area contributed by atoms with Gasteiger partial charge in [-0.1, -0.05) is 0 Å². The van der Waals surface area contributed by atoms with Crippen molar-refractivity contribution in [1.82, 2.24) is 19.6 Å². The van der Waals surface area contributed by atoms with Gasteiger partial charge in [-0.2, -0.15) is 10.2 Å². The molecule has 0 radical (unpaired) electrons. The van der Waals surface area contributed by atoms with Gasteiger partial charge >= 0.3 is 0 Å². The summed E-state index contributed by atoms with van der Waals surface area (Å²) in [5, 5.41) is 19.1. The molecule has 0 aliphatic rings. The molecule has 1 atom stereocenters. The van der Waals surface area contributed by atoms with Gasteiger partial charge in [0.1, 0.15) is 0 Å². The molecular formula is C15H24N4O. The lowest BCUT2D eigenvalue weighted by Gasteiger charge is -2.10. The van der Waals surface area contributed by atoms with Crippen molar-refractivity contribution < 1.29 is 5.11 Å². The van der Waals surface area contributed by atoms with Crippen molar-refractivity contribution in [1.29, 1.82) is 0 Å². The second-order valence-electron chi connectivity index (χ2n) is 5.72. The first kappa shape index (κ1) is 14.8. The SMILES string of the molecule is Cc1nn(C)c(C)c1CC(O)Cc1ccn(C(C)C)n1. The molecule has 1 unspecified atom stereocenters. The highest BCUT2D eigenvalue weighted by Crippen LogP contribution is 2.16. The lowest BCUT2D eigenvalue weighted by atomic mass is 10.0. The van der Waals surface area contributed by atoms with Crippen LogP contribution in [0.3, 0.4) is 0 Å². The van der Waals surface area contributed by atoms with Crippen LogP contribution < -0.4 is 0 Å². The lowest BCUT2D eigenvalue weighted by molar-refractivity contribution is 0.173. The molecule has 0 spiro atoms. The summed E-state index contributed by atoms with van der Waals surface area (Å²) in [6, 6.07) is 2.33. The summed E-state index contributed by atoms with van der Waals surface area (Å²) < 4.78 is 3.79. The Hall–Kier alpha value is -1.62. The van der Waals surface area contributed by atoms with Crippen molar-refractivity contribution in [2.45, 2.75) is 52.7 Å². The zero-order valence-corrected chi connectivity index (χ0v) is 13.0. The predicted molar refractivity (Wildman–Crippen MR) is 78.7 cm³/mol. The third kappa shape index (κ3) is 3.10. The normalized spacial score (nSPS) is 13.2. The van der Waals surface area contributed by atoms with Gasteiger partial charge in [0.25, 0.3) is 0 Å². The molecule has 0 saturated carbocycles. The van der Waals surface area contributed by atoms with E-state index in [-0.39, 0.29) is 0 Å². The van der Waals surface area contributed by atoms with Crippen molar-refractivity contribution in [3.05, 3.63) is 34.9 Å². The molecular weight excluding hydrogens is 252 g/mol. The maximum atomic E-state index is 10.3. The second-order valence-corrected chi connectivity index (χ2v) is 5.72. The van der Waals surface area contributed by atoms with Crippen LogP contribution in [-0.4, -0.2) is 30.8 Å². The molecule has 20 heavy (non-hydrogen) atoms. The number of hydrogen-bond acceptors (Lipinski definition) is 3. The quantitative estimate of drug-likeness (QED) is 0.908. The monoisotopic (exact) mass is 276 g/mol. The number of nitrogens with zero attached hydrogens (tertiary/aromatic N) is 4. The minimum Gasteiger partial charge on any atom is -0.392 e. The van der Waals surface area contributed by atoms with Gasteiger partial charge in [0.15, 0.2) is 0 Å². The van der Waals surface area contributed by atoms with Gasteiger partial charge < -0.3 is 5.11 Å². The third-order valence-electron chi connectivity index (χ3n) is 3.74. The number of rotatable bonds is 5. The van der Waals surface area contributed by atoms with E-state index in [1.807, 2.05) is 42.5 Å². The second kappa shape index (κ2) is 5.79. The topological polar surface area (TPSA) is 55.9 Å². The standard InChI is InChI=1S/C15H24N4O/c1-10(2)19-7-6-13(17-19)8-14(20)9-15-11(3)16-18(5)12(15)4/h6-7,10,14,20H,8-9H2,1-5H3. The van der Waals surface area contributed by atoms with Crippen LogP contribution in [0, 0.1) is 13.8 Å². The smallest absolute Gasteiger partial charge is 0.0650 e. The Morgan fingerprint density at radius 3 is 2.40 bits per heavy atom. The van der Waals surface area contributed by atoms with Crippen molar-refractivity contribution in [3.8, 4) is 0 Å². The number of aromatic nitrogens is 4. The van der Waals surface area contributed by atoms with Gasteiger partial charge in [-0.05, 0) is 39.3 Å². The summed E-state index contributed by atoms with van der Waals surface area (Å²) in [6.07, 6.45) is 2.74. The van der Waals surface area contributed by atoms with Gasteiger partial charge in [-0.3, -0.25) is 9.36 Å². The van der Waals surface area contributed by atoms with Crippen LogP contribution in [0.2, 0.25) is 0 Å². The summed E-state index contributed by atoms with van der Waals surface area (Å²) in [4.78, 5) is 0. The Balaban J connectivity index is 2.03. The fourth-order valence-electron chi connectivity index (χ4n) is 2.44. The van der Waals surface area contributed by atoms with Crippen LogP contribution in [0.5, 0.6) is 0 Å². The van der Waals surface area contributed by atoms with E-state index in [1.165, 1.54) is 0 Å². The highest BCUT2D eigenvalue weighted by atomic mass is 16.3. The van der Waals surface area contributed by atoms with Crippen molar-refractivity contribution in [3.63, 3.8) is 0 Å². The van der Waals surface area contributed by atoms with Crippen molar-refractivity contribution in [2.75, 3.05) is 0 Å². The highest BCUT2D eigenvalue weighted by molar-refractivity contribution is 5.25. The zero-order chi connectivity index (χ0) is 14.9. The third-order valence-corrected chi connectivity index (χ3v) is 3.74. The van der Waals surface area contributed by atoms with Gasteiger partial charge in [0.05, 0.1) is 17.5 Å². The molecule has 1 N–H and O–H groups in total. The Bertz CT molecular complexity index is 583. The first-order valence-corrected chi connectivity index (χ1v) is 7.09.